The number of benzene rings is 5. The molecule has 0 saturated carbocycles. The predicted molar refractivity (Wildman–Crippen MR) is 424 cm³/mol. The maximum atomic E-state index is 12.8. The molecule has 6 heterocycles. The molecule has 0 unspecified atom stereocenters. The Morgan fingerprint density at radius 2 is 0.839 bits per heavy atom. The average Bonchev–Trinajstić information content (AvgIpc) is 0.815. The lowest BCUT2D eigenvalue weighted by Gasteiger charge is -2.38. The number of hydrogen-bond acceptors (Lipinski definition) is 34. The summed E-state index contributed by atoms with van der Waals surface area (Å²) in [7, 11) is 0. The Hall–Kier alpha value is -11.0. The first-order chi connectivity index (χ1) is 54.0. The Morgan fingerprint density at radius 1 is 0.455 bits per heavy atom. The normalized spacial score (nSPS) is 12.4. The topological polar surface area (TPSA) is 435 Å². The van der Waals surface area contributed by atoms with Gasteiger partial charge in [-0.25, -0.2) is 48.6 Å². The third-order valence-electron chi connectivity index (χ3n) is 14.2. The fraction of sp³-hybridized carbons (Fsp3) is 0.271. The van der Waals surface area contributed by atoms with Crippen LogP contribution in [-0.2, 0) is 35.0 Å². The predicted octanol–water partition coefficient (Wildman–Crippen LogP) is 14.5. The number of rotatable bonds is 24. The minimum Gasteiger partial charge on any atom is -0.461 e. The molecular formula is C70H71Cl6N21O13S2. The van der Waals surface area contributed by atoms with Crippen molar-refractivity contribution < 1.29 is 57.2 Å². The van der Waals surface area contributed by atoms with Gasteiger partial charge in [0.25, 0.3) is 0 Å². The van der Waals surface area contributed by atoms with Crippen molar-refractivity contribution in [1.29, 1.82) is 0 Å². The maximum Gasteiger partial charge on any atom is 0.410 e. The second kappa shape index (κ2) is 46.0. The summed E-state index contributed by atoms with van der Waals surface area (Å²) in [6.07, 6.45) is 4.83. The summed E-state index contributed by atoms with van der Waals surface area (Å²) in [5.74, 6) is -2.19. The molecule has 5 aromatic heterocycles. The highest BCUT2D eigenvalue weighted by molar-refractivity contribution is 7.98. The van der Waals surface area contributed by atoms with E-state index in [1.54, 1.807) is 143 Å². The van der Waals surface area contributed by atoms with E-state index in [-0.39, 0.29) is 120 Å². The lowest BCUT2D eigenvalue weighted by Crippen LogP contribution is -2.52. The molecular weight excluding hydrogens is 1620 g/mol. The van der Waals surface area contributed by atoms with Crippen LogP contribution in [0.4, 0.5) is 56.8 Å². The Balaban J connectivity index is 0.000000203. The van der Waals surface area contributed by atoms with Gasteiger partial charge < -0.3 is 59.9 Å². The van der Waals surface area contributed by atoms with Gasteiger partial charge in [0, 0.05) is 55.4 Å². The maximum absolute atomic E-state index is 12.8. The highest BCUT2D eigenvalue weighted by atomic mass is 35.5. The third-order valence-corrected chi connectivity index (χ3v) is 16.7. The summed E-state index contributed by atoms with van der Waals surface area (Å²) in [5, 5.41) is 54.5. The van der Waals surface area contributed by atoms with Gasteiger partial charge in [-0.2, -0.15) is 20.1 Å². The number of amides is 1. The highest BCUT2D eigenvalue weighted by Gasteiger charge is 2.33. The van der Waals surface area contributed by atoms with Crippen molar-refractivity contribution in [2.75, 3.05) is 78.7 Å². The molecule has 42 heteroatoms. The first kappa shape index (κ1) is 88.2. The minimum atomic E-state index is -0.673. The molecule has 1 amide bonds. The van der Waals surface area contributed by atoms with E-state index in [2.05, 4.69) is 102 Å². The smallest absolute Gasteiger partial charge is 0.410 e. The third kappa shape index (κ3) is 28.1. The van der Waals surface area contributed by atoms with Crippen LogP contribution in [0.25, 0.3) is 0 Å². The van der Waals surface area contributed by atoms with Gasteiger partial charge in [0.05, 0.1) is 39.1 Å². The zero-order chi connectivity index (χ0) is 81.1. The van der Waals surface area contributed by atoms with Crippen molar-refractivity contribution in [3.63, 3.8) is 0 Å². The van der Waals surface area contributed by atoms with Crippen LogP contribution in [0.15, 0.2) is 143 Å². The quantitative estimate of drug-likeness (QED) is 0.0186. The summed E-state index contributed by atoms with van der Waals surface area (Å²) in [6.45, 7) is 12.4. The molecule has 1 fully saturated rings. The van der Waals surface area contributed by atoms with E-state index in [0.29, 0.717) is 59.8 Å². The van der Waals surface area contributed by atoms with E-state index in [1.165, 1.54) is 23.5 Å². The summed E-state index contributed by atoms with van der Waals surface area (Å²) in [5.41, 5.74) is 2.77. The summed E-state index contributed by atoms with van der Waals surface area (Å²) in [6, 6.07) is 36.7. The lowest BCUT2D eigenvalue weighted by atomic mass is 9.98. The number of nitrogens with one attached hydrogen (secondary N) is 6. The summed E-state index contributed by atoms with van der Waals surface area (Å²) in [4.78, 5) is 105. The van der Waals surface area contributed by atoms with Crippen molar-refractivity contribution in [2.45, 2.75) is 83.4 Å². The lowest BCUT2D eigenvalue weighted by molar-refractivity contribution is 0.0508. The van der Waals surface area contributed by atoms with Crippen LogP contribution in [0.5, 0.6) is 0 Å². The first-order valence-electron chi connectivity index (χ1n) is 33.5. The van der Waals surface area contributed by atoms with E-state index in [0.717, 1.165) is 24.1 Å². The van der Waals surface area contributed by atoms with E-state index in [1.807, 2.05) is 43.5 Å². The van der Waals surface area contributed by atoms with Crippen molar-refractivity contribution in [3.05, 3.63) is 202 Å². The van der Waals surface area contributed by atoms with Gasteiger partial charge in [0.15, 0.2) is 28.4 Å². The Morgan fingerprint density at radius 3 is 1.28 bits per heavy atom. The number of halogens is 6. The Kier molecular flexibility index (Phi) is 36.2. The van der Waals surface area contributed by atoms with E-state index >= 15 is 0 Å². The average molecular weight is 1690 g/mol. The van der Waals surface area contributed by atoms with Crippen LogP contribution in [-0.4, -0.2) is 181 Å². The molecule has 1 aliphatic heterocycles. The number of carbonyl (C=O) groups is 6. The molecule has 11 rings (SSSR count). The molecule has 0 bridgehead atoms. The Bertz CT molecular complexity index is 4840. The number of likely N-dealkylation sites (tertiary alicyclic amines) is 1. The van der Waals surface area contributed by atoms with Gasteiger partial charge in [0.1, 0.15) is 6.61 Å². The second-order valence-corrected chi connectivity index (χ2v) is 25.9. The van der Waals surface area contributed by atoms with Crippen LogP contribution in [0, 0.1) is 0 Å². The molecule has 10 aromatic rings. The van der Waals surface area contributed by atoms with E-state index in [9.17, 15) is 33.6 Å². The van der Waals surface area contributed by atoms with Gasteiger partial charge in [-0.05, 0) is 181 Å². The SMILES string of the molecule is CCOC(=O)c1n[nH]c(=O)nc1Nc1ccc(Cl)cc1.CCOC(=O)c1nnc(Cl)nc1Nc1ccc(Cl)cc1.CCOC(=O)c1nnc(N[C@@H]2CCCN(C(=O)OCc3ccccc3)[C@@H]2C)nc1Nc1ccc(Cl)cc1.CCOC(=O)c1nnc(SC)nc1Cl.CCOC(=O)c1nnc(SC)nc1Nc1ccc(Cl)cc1. The van der Waals surface area contributed by atoms with Crippen molar-refractivity contribution >= 4 is 181 Å². The van der Waals surface area contributed by atoms with Crippen molar-refractivity contribution in [1.82, 2.24) is 80.8 Å². The number of carbonyl (C=O) groups excluding carboxylic acids is 6. The number of piperidine rings is 1. The molecule has 0 aliphatic carbocycles. The monoisotopic (exact) mass is 1690 g/mol. The van der Waals surface area contributed by atoms with Crippen LogP contribution < -0.4 is 32.3 Å². The number of H-pyrrole nitrogens is 1. The zero-order valence-corrected chi connectivity index (χ0v) is 66.9. The fourth-order valence-electron chi connectivity index (χ4n) is 9.07. The molecule has 5 aromatic carbocycles. The number of thioether (sulfide) groups is 2. The highest BCUT2D eigenvalue weighted by Crippen LogP contribution is 2.28. The number of aromatic nitrogens is 15. The van der Waals surface area contributed by atoms with Gasteiger partial charge in [-0.3, -0.25) is 0 Å². The number of hydrogen-bond donors (Lipinski definition) is 6. The van der Waals surface area contributed by atoms with Gasteiger partial charge >= 0.3 is 41.6 Å². The van der Waals surface area contributed by atoms with Gasteiger partial charge in [-0.15, -0.1) is 40.8 Å². The molecule has 34 nitrogen and oxygen atoms in total. The van der Waals surface area contributed by atoms with Crippen LogP contribution in [0.3, 0.4) is 0 Å². The van der Waals surface area contributed by atoms with Crippen molar-refractivity contribution in [2.24, 2.45) is 0 Å². The Labute approximate surface area is 679 Å². The number of nitrogens with zero attached hydrogens (tertiary/aromatic N) is 15. The van der Waals surface area contributed by atoms with Crippen LogP contribution in [0.1, 0.15) is 112 Å². The molecule has 6 N–H and O–H groups in total. The largest absolute Gasteiger partial charge is 0.461 e. The zero-order valence-electron chi connectivity index (χ0n) is 60.7. The number of ether oxygens (including phenoxy) is 6. The molecule has 112 heavy (non-hydrogen) atoms. The van der Waals surface area contributed by atoms with Crippen LogP contribution in [0.2, 0.25) is 30.5 Å². The summed E-state index contributed by atoms with van der Waals surface area (Å²) >= 11 is 37.4. The fourth-order valence-corrected chi connectivity index (χ4v) is 10.6. The van der Waals surface area contributed by atoms with E-state index in [4.69, 9.17) is 98.0 Å². The molecule has 1 aliphatic rings. The van der Waals surface area contributed by atoms with Gasteiger partial charge in [0.2, 0.25) is 50.0 Å². The minimum absolute atomic E-state index is 0.0165. The second-order valence-electron chi connectivity index (χ2n) is 21.9. The van der Waals surface area contributed by atoms with Crippen molar-refractivity contribution in [3.8, 4) is 0 Å². The van der Waals surface area contributed by atoms with Gasteiger partial charge in [-0.1, -0.05) is 112 Å². The summed E-state index contributed by atoms with van der Waals surface area (Å²) < 4.78 is 30.0. The number of anilines is 9. The molecule has 0 spiro atoms. The number of esters is 5. The number of aromatic amines is 1. The molecule has 2 atom stereocenters. The molecule has 588 valence electrons. The molecule has 0 radical (unpaired) electrons. The molecule has 1 saturated heterocycles. The standard InChI is InChI=1S/C26H29ClN6O4.C13H13ClN4O2S.C12H10Cl2N4O2.C12H11ClN4O3.C7H8ClN3O2S/c1-3-36-24(34)22-23(28-20-13-11-19(27)12-14-20)30-25(32-31-22)29-21-10-7-15-33(17(21)2)26(35)37-16-18-8-5-4-6-9-18;1-3-20-12(19)10-11(16-13(21-2)18-17-10)15-9-6-4-8(14)5-7-9;1-2-20-11(19)9-10(16-12(14)18-17-9)15-8-5-3-7(13)4-6-8;1-2-20-11(18)9-10(15-12(19)17-16-9)14-8-5-3-7(13)4-6-8;1-3-13-6(12)4-5(8)9-7(14-2)11-10-4/h4-6,8-9,11-14,17,21H,3,7,10,15-16H2,1-2H3,(H2,28,29,30,32);4-7H,3H2,1-2H3,(H,15,16,18);3-6H,2H2,1H3,(H,15,16,18);3-6H,2H2,1H3,(H2,14,15,17,19);3H2,1-2H3/t17-,21-;;;;/m1..../s1. The van der Waals surface area contributed by atoms with Crippen LogP contribution >= 0.6 is 93.1 Å². The van der Waals surface area contributed by atoms with E-state index < -0.39 is 35.5 Å². The first-order valence-corrected chi connectivity index (χ1v) is 38.2.